The smallest absolute Gasteiger partial charge is 0.248 e. The van der Waals surface area contributed by atoms with Crippen molar-refractivity contribution in [3.8, 4) is 0 Å². The summed E-state index contributed by atoms with van der Waals surface area (Å²) in [6.07, 6.45) is 3.68. The first-order valence-electron chi connectivity index (χ1n) is 6.30. The van der Waals surface area contributed by atoms with Crippen LogP contribution < -0.4 is 11.1 Å². The normalized spacial score (nSPS) is 12.2. The molecule has 1 atom stereocenters. The topological polar surface area (TPSA) is 72.9 Å². The Hall–Kier alpha value is -1.82. The fraction of sp³-hybridized carbons (Fsp3) is 0.286. The first kappa shape index (κ1) is 14.6. The molecule has 0 radical (unpaired) electrons. The maximum atomic E-state index is 11.2. The summed E-state index contributed by atoms with van der Waals surface area (Å²) < 4.78 is 2.81. The second-order valence-corrected chi connectivity index (χ2v) is 5.74. The van der Waals surface area contributed by atoms with Gasteiger partial charge in [0.25, 0.3) is 0 Å². The minimum Gasteiger partial charge on any atom is -0.380 e. The lowest BCUT2D eigenvalue weighted by molar-refractivity contribution is 0.100. The summed E-state index contributed by atoms with van der Waals surface area (Å²) in [6.45, 7) is 4.78. The van der Waals surface area contributed by atoms with Crippen molar-refractivity contribution in [2.24, 2.45) is 5.73 Å². The molecule has 0 aliphatic carbocycles. The summed E-state index contributed by atoms with van der Waals surface area (Å²) in [6, 6.07) is 5.58. The summed E-state index contributed by atoms with van der Waals surface area (Å²) in [5.74, 6) is -0.420. The molecule has 1 aromatic carbocycles. The van der Waals surface area contributed by atoms with Crippen LogP contribution in [0.2, 0.25) is 0 Å². The zero-order valence-electron chi connectivity index (χ0n) is 11.4. The average molecular weight is 337 g/mol. The van der Waals surface area contributed by atoms with E-state index in [4.69, 9.17) is 5.73 Å². The Kier molecular flexibility index (Phi) is 4.44. The molecule has 0 fully saturated rings. The Bertz CT molecular complexity index is 623. The van der Waals surface area contributed by atoms with Gasteiger partial charge in [0.05, 0.1) is 17.2 Å². The highest BCUT2D eigenvalue weighted by Crippen LogP contribution is 2.18. The van der Waals surface area contributed by atoms with Crippen molar-refractivity contribution in [2.45, 2.75) is 26.4 Å². The number of nitrogens with one attached hydrogen (secondary N) is 1. The van der Waals surface area contributed by atoms with Crippen LogP contribution in [-0.4, -0.2) is 21.7 Å². The van der Waals surface area contributed by atoms with E-state index >= 15 is 0 Å². The Morgan fingerprint density at radius 1 is 1.55 bits per heavy atom. The summed E-state index contributed by atoms with van der Waals surface area (Å²) in [7, 11) is 0. The van der Waals surface area contributed by atoms with Gasteiger partial charge in [-0.25, -0.2) is 0 Å². The molecule has 20 heavy (non-hydrogen) atoms. The third-order valence-electron chi connectivity index (χ3n) is 2.99. The lowest BCUT2D eigenvalue weighted by Gasteiger charge is -2.17. The molecule has 1 aromatic heterocycles. The molecule has 0 saturated heterocycles. The van der Waals surface area contributed by atoms with Crippen molar-refractivity contribution >= 4 is 27.5 Å². The zero-order chi connectivity index (χ0) is 14.7. The van der Waals surface area contributed by atoms with Crippen molar-refractivity contribution in [3.05, 3.63) is 46.2 Å². The number of carbonyl (C=O) groups is 1. The molecular formula is C14H17BrN4O. The number of aromatic nitrogens is 2. The number of halogens is 1. The molecule has 0 unspecified atom stereocenters. The summed E-state index contributed by atoms with van der Waals surface area (Å²) in [5.41, 5.74) is 7.80. The SMILES string of the molecule is Cc1ccc(C(N)=O)cc1N[C@H](C)Cn1cc(Br)cn1. The Balaban J connectivity index is 2.08. The number of anilines is 1. The van der Waals surface area contributed by atoms with Gasteiger partial charge in [-0.15, -0.1) is 0 Å². The molecule has 106 valence electrons. The highest BCUT2D eigenvalue weighted by molar-refractivity contribution is 9.10. The quantitative estimate of drug-likeness (QED) is 0.881. The minimum atomic E-state index is -0.420. The zero-order valence-corrected chi connectivity index (χ0v) is 13.0. The molecule has 1 amide bonds. The number of nitrogens with two attached hydrogens (primary N) is 1. The van der Waals surface area contributed by atoms with Crippen molar-refractivity contribution < 1.29 is 4.79 Å². The van der Waals surface area contributed by atoms with Crippen LogP contribution in [0.15, 0.2) is 35.1 Å². The van der Waals surface area contributed by atoms with Gasteiger partial charge in [-0.2, -0.15) is 5.10 Å². The van der Waals surface area contributed by atoms with E-state index in [0.717, 1.165) is 22.3 Å². The van der Waals surface area contributed by atoms with Crippen molar-refractivity contribution in [1.82, 2.24) is 9.78 Å². The van der Waals surface area contributed by atoms with Crippen LogP contribution in [-0.2, 0) is 6.54 Å². The van der Waals surface area contributed by atoms with Crippen molar-refractivity contribution in [3.63, 3.8) is 0 Å². The molecule has 0 aliphatic rings. The number of amides is 1. The van der Waals surface area contributed by atoms with E-state index in [1.807, 2.05) is 23.9 Å². The number of hydrogen-bond donors (Lipinski definition) is 2. The third kappa shape index (κ3) is 3.60. The van der Waals surface area contributed by atoms with E-state index in [9.17, 15) is 4.79 Å². The van der Waals surface area contributed by atoms with Gasteiger partial charge >= 0.3 is 0 Å². The second kappa shape index (κ2) is 6.09. The van der Waals surface area contributed by atoms with Crippen molar-refractivity contribution in [2.75, 3.05) is 5.32 Å². The van der Waals surface area contributed by atoms with Crippen LogP contribution in [0.4, 0.5) is 5.69 Å². The summed E-state index contributed by atoms with van der Waals surface area (Å²) in [4.78, 5) is 11.2. The van der Waals surface area contributed by atoms with Gasteiger partial charge in [-0.1, -0.05) is 6.07 Å². The monoisotopic (exact) mass is 336 g/mol. The number of carbonyl (C=O) groups excluding carboxylic acids is 1. The molecular weight excluding hydrogens is 320 g/mol. The predicted molar refractivity (Wildman–Crippen MR) is 82.7 cm³/mol. The minimum absolute atomic E-state index is 0.170. The van der Waals surface area contributed by atoms with E-state index in [1.54, 1.807) is 18.3 Å². The number of nitrogens with zero attached hydrogens (tertiary/aromatic N) is 2. The average Bonchev–Trinajstić information content (AvgIpc) is 2.77. The van der Waals surface area contributed by atoms with Crippen molar-refractivity contribution in [1.29, 1.82) is 0 Å². The molecule has 0 bridgehead atoms. The highest BCUT2D eigenvalue weighted by atomic mass is 79.9. The maximum Gasteiger partial charge on any atom is 0.248 e. The number of aryl methyl sites for hydroxylation is 1. The van der Waals surface area contributed by atoms with E-state index in [-0.39, 0.29) is 6.04 Å². The Morgan fingerprint density at radius 3 is 2.90 bits per heavy atom. The van der Waals surface area contributed by atoms with Gasteiger partial charge < -0.3 is 11.1 Å². The van der Waals surface area contributed by atoms with E-state index < -0.39 is 5.91 Å². The maximum absolute atomic E-state index is 11.2. The second-order valence-electron chi connectivity index (χ2n) is 4.82. The fourth-order valence-corrected chi connectivity index (χ4v) is 2.29. The molecule has 3 N–H and O–H groups in total. The number of rotatable bonds is 5. The first-order valence-corrected chi connectivity index (χ1v) is 7.10. The molecule has 5 nitrogen and oxygen atoms in total. The van der Waals surface area contributed by atoms with E-state index in [2.05, 4.69) is 33.3 Å². The number of hydrogen-bond acceptors (Lipinski definition) is 3. The molecule has 6 heteroatoms. The van der Waals surface area contributed by atoms with Crippen LogP contribution in [0, 0.1) is 6.92 Å². The van der Waals surface area contributed by atoms with Gasteiger partial charge in [0.2, 0.25) is 5.91 Å². The molecule has 0 saturated carbocycles. The number of primary amides is 1. The predicted octanol–water partition coefficient (Wildman–Crippen LogP) is 2.55. The van der Waals surface area contributed by atoms with Gasteiger partial charge in [0.15, 0.2) is 0 Å². The number of benzene rings is 1. The molecule has 0 spiro atoms. The largest absolute Gasteiger partial charge is 0.380 e. The van der Waals surface area contributed by atoms with Gasteiger partial charge in [-0.05, 0) is 47.5 Å². The molecule has 2 aromatic rings. The Labute approximate surface area is 126 Å². The third-order valence-corrected chi connectivity index (χ3v) is 3.40. The van der Waals surface area contributed by atoms with E-state index in [1.165, 1.54) is 0 Å². The van der Waals surface area contributed by atoms with Crippen LogP contribution in [0.1, 0.15) is 22.8 Å². The van der Waals surface area contributed by atoms with Gasteiger partial charge in [0, 0.05) is 23.5 Å². The van der Waals surface area contributed by atoms with E-state index in [0.29, 0.717) is 5.56 Å². The van der Waals surface area contributed by atoms with Crippen LogP contribution >= 0.6 is 15.9 Å². The van der Waals surface area contributed by atoms with Crippen LogP contribution in [0.25, 0.3) is 0 Å². The summed E-state index contributed by atoms with van der Waals surface area (Å²) in [5, 5.41) is 7.60. The standard InChI is InChI=1S/C14H17BrN4O/c1-9-3-4-11(14(16)20)5-13(9)18-10(2)7-19-8-12(15)6-17-19/h3-6,8,10,18H,7H2,1-2H3,(H2,16,20)/t10-/m1/s1. The lowest BCUT2D eigenvalue weighted by atomic mass is 10.1. The van der Waals surface area contributed by atoms with Gasteiger partial charge in [-0.3, -0.25) is 9.48 Å². The fourth-order valence-electron chi connectivity index (χ4n) is 1.96. The van der Waals surface area contributed by atoms with Crippen LogP contribution in [0.3, 0.4) is 0 Å². The lowest BCUT2D eigenvalue weighted by Crippen LogP contribution is -2.23. The highest BCUT2D eigenvalue weighted by Gasteiger charge is 2.09. The van der Waals surface area contributed by atoms with Gasteiger partial charge in [0.1, 0.15) is 0 Å². The first-order chi connectivity index (χ1) is 9.45. The summed E-state index contributed by atoms with van der Waals surface area (Å²) >= 11 is 3.37. The molecule has 0 aliphatic heterocycles. The Morgan fingerprint density at radius 2 is 2.30 bits per heavy atom. The molecule has 1 heterocycles. The van der Waals surface area contributed by atoms with Crippen LogP contribution in [0.5, 0.6) is 0 Å². The molecule has 2 rings (SSSR count).